The fourth-order valence-corrected chi connectivity index (χ4v) is 6.37. The zero-order valence-electron chi connectivity index (χ0n) is 26.2. The van der Waals surface area contributed by atoms with Crippen molar-refractivity contribution in [3.8, 4) is 28.8 Å². The standard InChI is InChI=1S/C36H28BrN9O3/c1-23-21-44-31(22-43(23)35(48)24-8-13-30(37)26(18-24)19-38)32(46(36(44)49)28-11-9-27(10-12-28)45-17-5-16-42-45)34(47)41-20-25-6-2-3-7-29(25)33-39-14-4-15-40-33/h2-18,23H,20-22H2,1H3,(H,41,47). The molecule has 3 aromatic heterocycles. The van der Waals surface area contributed by atoms with Gasteiger partial charge in [-0.15, -0.1) is 0 Å². The Balaban J connectivity index is 1.28. The molecule has 0 bridgehead atoms. The number of fused-ring (bicyclic) bond motifs is 1. The first-order valence-electron chi connectivity index (χ1n) is 15.4. The molecule has 0 spiro atoms. The molecule has 0 aliphatic carbocycles. The number of hydrogen-bond donors (Lipinski definition) is 1. The van der Waals surface area contributed by atoms with Gasteiger partial charge in [-0.25, -0.2) is 19.4 Å². The highest BCUT2D eigenvalue weighted by Crippen LogP contribution is 2.27. The van der Waals surface area contributed by atoms with Gasteiger partial charge in [0.25, 0.3) is 11.8 Å². The summed E-state index contributed by atoms with van der Waals surface area (Å²) in [5.74, 6) is -0.267. The lowest BCUT2D eigenvalue weighted by Gasteiger charge is -2.34. The van der Waals surface area contributed by atoms with Crippen molar-refractivity contribution < 1.29 is 9.59 Å². The van der Waals surface area contributed by atoms with Gasteiger partial charge in [-0.1, -0.05) is 24.3 Å². The maximum atomic E-state index is 14.3. The normalized spacial score (nSPS) is 13.8. The van der Waals surface area contributed by atoms with Crippen LogP contribution in [0.5, 0.6) is 0 Å². The summed E-state index contributed by atoms with van der Waals surface area (Å²) in [6, 6.07) is 24.8. The van der Waals surface area contributed by atoms with Crippen molar-refractivity contribution in [1.82, 2.24) is 39.1 Å². The predicted molar refractivity (Wildman–Crippen MR) is 184 cm³/mol. The van der Waals surface area contributed by atoms with Gasteiger partial charge in [0.1, 0.15) is 11.8 Å². The van der Waals surface area contributed by atoms with Crippen LogP contribution in [0.25, 0.3) is 22.8 Å². The number of nitrogens with one attached hydrogen (secondary N) is 1. The zero-order valence-corrected chi connectivity index (χ0v) is 27.8. The second-order valence-corrected chi connectivity index (χ2v) is 12.3. The van der Waals surface area contributed by atoms with Gasteiger partial charge in [0.15, 0.2) is 5.82 Å². The van der Waals surface area contributed by atoms with Crippen LogP contribution in [0.3, 0.4) is 0 Å². The number of hydrogen-bond acceptors (Lipinski definition) is 7. The molecule has 7 rings (SSSR count). The maximum Gasteiger partial charge on any atom is 0.333 e. The number of nitriles is 1. The highest BCUT2D eigenvalue weighted by molar-refractivity contribution is 9.10. The fraction of sp³-hybridized carbons (Fsp3) is 0.139. The summed E-state index contributed by atoms with van der Waals surface area (Å²) in [5, 5.41) is 16.8. The first-order chi connectivity index (χ1) is 23.8. The van der Waals surface area contributed by atoms with Crippen molar-refractivity contribution in [3.05, 3.63) is 147 Å². The lowest BCUT2D eigenvalue weighted by Crippen LogP contribution is -2.47. The van der Waals surface area contributed by atoms with E-state index in [1.54, 1.807) is 63.1 Å². The molecule has 1 N–H and O–H groups in total. The molecule has 1 unspecified atom stereocenters. The molecule has 0 radical (unpaired) electrons. The van der Waals surface area contributed by atoms with Crippen molar-refractivity contribution in [2.24, 2.45) is 0 Å². The van der Waals surface area contributed by atoms with Crippen LogP contribution in [0.4, 0.5) is 0 Å². The number of imidazole rings is 1. The van der Waals surface area contributed by atoms with E-state index in [0.717, 1.165) is 16.8 Å². The highest BCUT2D eigenvalue weighted by Gasteiger charge is 2.35. The third kappa shape index (κ3) is 5.94. The number of aromatic nitrogens is 6. The van der Waals surface area contributed by atoms with Crippen LogP contribution in [0.2, 0.25) is 0 Å². The lowest BCUT2D eigenvalue weighted by atomic mass is 10.1. The molecule has 0 fully saturated rings. The number of benzene rings is 3. The quantitative estimate of drug-likeness (QED) is 0.248. The second kappa shape index (κ2) is 13.2. The Bertz CT molecular complexity index is 2290. The Labute approximate surface area is 289 Å². The summed E-state index contributed by atoms with van der Waals surface area (Å²) in [7, 11) is 0. The second-order valence-electron chi connectivity index (χ2n) is 11.5. The molecule has 12 nitrogen and oxygen atoms in total. The van der Waals surface area contributed by atoms with Crippen molar-refractivity contribution in [1.29, 1.82) is 5.26 Å². The van der Waals surface area contributed by atoms with Gasteiger partial charge >= 0.3 is 5.69 Å². The van der Waals surface area contributed by atoms with E-state index in [-0.39, 0.29) is 43.0 Å². The summed E-state index contributed by atoms with van der Waals surface area (Å²) >= 11 is 3.35. The lowest BCUT2D eigenvalue weighted by molar-refractivity contribution is 0.0610. The van der Waals surface area contributed by atoms with Gasteiger partial charge in [0.05, 0.1) is 29.2 Å². The highest BCUT2D eigenvalue weighted by atomic mass is 79.9. The van der Waals surface area contributed by atoms with E-state index in [4.69, 9.17) is 0 Å². The Morgan fingerprint density at radius 1 is 0.980 bits per heavy atom. The van der Waals surface area contributed by atoms with E-state index in [1.165, 1.54) is 10.6 Å². The van der Waals surface area contributed by atoms with Gasteiger partial charge in [-0.3, -0.25) is 18.7 Å². The van der Waals surface area contributed by atoms with Gasteiger partial charge in [-0.2, -0.15) is 10.4 Å². The smallest absolute Gasteiger partial charge is 0.333 e. The number of halogens is 1. The molecular formula is C36H28BrN9O3. The van der Waals surface area contributed by atoms with E-state index in [9.17, 15) is 19.6 Å². The number of nitrogens with zero attached hydrogens (tertiary/aromatic N) is 8. The molecule has 242 valence electrons. The molecule has 1 aliphatic rings. The monoisotopic (exact) mass is 713 g/mol. The molecule has 2 amide bonds. The summed E-state index contributed by atoms with van der Waals surface area (Å²) in [6.07, 6.45) is 6.80. The minimum absolute atomic E-state index is 0.00274. The van der Waals surface area contributed by atoms with Crippen molar-refractivity contribution in [2.75, 3.05) is 0 Å². The van der Waals surface area contributed by atoms with E-state index in [2.05, 4.69) is 42.4 Å². The van der Waals surface area contributed by atoms with E-state index in [1.807, 2.05) is 55.6 Å². The largest absolute Gasteiger partial charge is 0.347 e. The van der Waals surface area contributed by atoms with Crippen molar-refractivity contribution >= 4 is 27.7 Å². The number of amides is 2. The first-order valence-corrected chi connectivity index (χ1v) is 16.2. The van der Waals surface area contributed by atoms with Crippen LogP contribution in [-0.4, -0.2) is 51.6 Å². The van der Waals surface area contributed by atoms with Crippen molar-refractivity contribution in [3.63, 3.8) is 0 Å². The molecule has 1 aliphatic heterocycles. The van der Waals surface area contributed by atoms with Crippen LogP contribution < -0.4 is 11.0 Å². The summed E-state index contributed by atoms with van der Waals surface area (Å²) in [5.41, 5.74) is 3.65. The topological polar surface area (TPSA) is 144 Å². The average Bonchev–Trinajstić information content (AvgIpc) is 3.77. The number of rotatable bonds is 7. The Morgan fingerprint density at radius 3 is 2.47 bits per heavy atom. The average molecular weight is 715 g/mol. The number of carbonyl (C=O) groups is 2. The van der Waals surface area contributed by atoms with Crippen LogP contribution in [-0.2, 0) is 19.6 Å². The number of carbonyl (C=O) groups excluding carboxylic acids is 2. The molecule has 1 atom stereocenters. The predicted octanol–water partition coefficient (Wildman–Crippen LogP) is 4.89. The molecule has 6 aromatic rings. The van der Waals surface area contributed by atoms with E-state index in [0.29, 0.717) is 32.8 Å². The van der Waals surface area contributed by atoms with Crippen LogP contribution >= 0.6 is 15.9 Å². The summed E-state index contributed by atoms with van der Waals surface area (Å²) < 4.78 is 5.25. The molecule has 3 aromatic carbocycles. The summed E-state index contributed by atoms with van der Waals surface area (Å²) in [4.78, 5) is 52.7. The Morgan fingerprint density at radius 2 is 1.73 bits per heavy atom. The van der Waals surface area contributed by atoms with Gasteiger partial charge in [-0.05, 0) is 83.0 Å². The fourth-order valence-electron chi connectivity index (χ4n) is 6.04. The van der Waals surface area contributed by atoms with Gasteiger partial charge in [0.2, 0.25) is 0 Å². The minimum Gasteiger partial charge on any atom is -0.347 e. The summed E-state index contributed by atoms with van der Waals surface area (Å²) in [6.45, 7) is 2.17. The van der Waals surface area contributed by atoms with Crippen LogP contribution in [0, 0.1) is 11.3 Å². The third-order valence-electron chi connectivity index (χ3n) is 8.49. The third-order valence-corrected chi connectivity index (χ3v) is 9.19. The van der Waals surface area contributed by atoms with Gasteiger partial charge < -0.3 is 10.2 Å². The molecule has 13 heteroatoms. The molecule has 0 saturated carbocycles. The first kappa shape index (κ1) is 31.5. The van der Waals surface area contributed by atoms with Crippen LogP contribution in [0.15, 0.2) is 113 Å². The molecule has 0 saturated heterocycles. The molecular weight excluding hydrogens is 686 g/mol. The van der Waals surface area contributed by atoms with Crippen molar-refractivity contribution in [2.45, 2.75) is 32.6 Å². The molecule has 4 heterocycles. The molecule has 49 heavy (non-hydrogen) atoms. The minimum atomic E-state index is -0.483. The van der Waals surface area contributed by atoms with E-state index < -0.39 is 5.91 Å². The zero-order chi connectivity index (χ0) is 34.1. The SMILES string of the molecule is CC1Cn2c(c(C(=O)NCc3ccccc3-c3ncccn3)n(-c3ccc(-n4cccn4)cc3)c2=O)CN1C(=O)c1ccc(Br)c(C#N)c1. The Kier molecular flexibility index (Phi) is 8.46. The Hall–Kier alpha value is -6.13. The van der Waals surface area contributed by atoms with E-state index >= 15 is 0 Å². The van der Waals surface area contributed by atoms with Crippen LogP contribution in [0.1, 0.15) is 44.6 Å². The maximum absolute atomic E-state index is 14.3. The van der Waals surface area contributed by atoms with Gasteiger partial charge in [0, 0.05) is 59.5 Å².